The predicted octanol–water partition coefficient (Wildman–Crippen LogP) is 17.1. The molecule has 8 aromatic rings. The lowest BCUT2D eigenvalue weighted by molar-refractivity contribution is -0.288. The van der Waals surface area contributed by atoms with Gasteiger partial charge in [-0.25, -0.2) is 4.90 Å². The second kappa shape index (κ2) is 20.0. The molecule has 2 aliphatic heterocycles. The Hall–Kier alpha value is -8.78. The van der Waals surface area contributed by atoms with E-state index in [-0.39, 0.29) is 34.4 Å². The third-order valence-electron chi connectivity index (χ3n) is 17.8. The Bertz CT molecular complexity index is 3780. The van der Waals surface area contributed by atoms with Gasteiger partial charge < -0.3 is 9.47 Å². The summed E-state index contributed by atoms with van der Waals surface area (Å²) >= 11 is 0. The highest BCUT2D eigenvalue weighted by atomic mass is 19.4. The van der Waals surface area contributed by atoms with E-state index in [1.165, 1.54) is 35.2 Å². The van der Waals surface area contributed by atoms with Crippen LogP contribution < -0.4 is 14.4 Å². The van der Waals surface area contributed by atoms with E-state index in [1.807, 2.05) is 102 Å². The van der Waals surface area contributed by atoms with Crippen molar-refractivity contribution in [3.8, 4) is 34.1 Å². The Balaban J connectivity index is 0.864. The van der Waals surface area contributed by atoms with E-state index in [1.54, 1.807) is 30.3 Å². The molecule has 8 aromatic carbocycles. The minimum atomic E-state index is -5.84. The molecule has 0 spiro atoms. The molecule has 8 nitrogen and oxygen atoms in total. The van der Waals surface area contributed by atoms with Gasteiger partial charge in [-0.05, 0) is 161 Å². The second-order valence-electron chi connectivity index (χ2n) is 21.7. The van der Waals surface area contributed by atoms with E-state index < -0.39 is 57.1 Å². The van der Waals surface area contributed by atoms with Crippen molar-refractivity contribution in [1.29, 1.82) is 0 Å². The van der Waals surface area contributed by atoms with E-state index in [0.29, 0.717) is 71.8 Å². The summed E-state index contributed by atoms with van der Waals surface area (Å²) in [7, 11) is 0. The van der Waals surface area contributed by atoms with Gasteiger partial charge in [0, 0.05) is 5.54 Å². The van der Waals surface area contributed by atoms with Crippen LogP contribution in [0.4, 0.5) is 32.0 Å². The molecule has 14 heteroatoms. The molecular formula is C68H56F6N2O6. The van der Waals surface area contributed by atoms with Crippen LogP contribution >= 0.6 is 0 Å². The number of carbonyl (C=O) groups excluding carboxylic acids is 4. The monoisotopic (exact) mass is 1110 g/mol. The van der Waals surface area contributed by atoms with Crippen LogP contribution in [0.3, 0.4) is 0 Å². The maximum Gasteiger partial charge on any atom is 0.411 e. The number of hydrogen-bond acceptors (Lipinski definition) is 6. The van der Waals surface area contributed by atoms with E-state index in [9.17, 15) is 19.2 Å². The highest BCUT2D eigenvalue weighted by molar-refractivity contribution is 6.34. The fraction of sp³-hybridized carbons (Fsp3) is 0.235. The normalized spacial score (nSPS) is 14.9. The highest BCUT2D eigenvalue weighted by Gasteiger charge is 2.72. The molecule has 4 amide bonds. The first-order valence-electron chi connectivity index (χ1n) is 27.3. The SMILES string of the molecule is CCC(C)(CC)c1ccc(C(c2ccc(N3C(=O)c4ccc(Oc5ccc(C6(c7ccc(Oc8ccc9c(c8)C(=O)N(C(C)(CC)CC)C9=O)cc7)c7ccccc7-c7ccccc76)cc5)cc4C3=O)cc2)(C(F)(F)F)C(F)(F)F)cc1. The van der Waals surface area contributed by atoms with Gasteiger partial charge in [-0.3, -0.25) is 24.1 Å². The van der Waals surface area contributed by atoms with Gasteiger partial charge in [-0.1, -0.05) is 144 Å². The number of alkyl halides is 6. The molecule has 0 saturated carbocycles. The fourth-order valence-corrected chi connectivity index (χ4v) is 12.3. The number of carbonyl (C=O) groups is 4. The lowest BCUT2D eigenvalue weighted by Crippen LogP contribution is -2.54. The summed E-state index contributed by atoms with van der Waals surface area (Å²) < 4.78 is 104. The van der Waals surface area contributed by atoms with Gasteiger partial charge in [-0.2, -0.15) is 26.3 Å². The number of ether oxygens (including phenoxy) is 2. The highest BCUT2D eigenvalue weighted by Crippen LogP contribution is 2.58. The first-order chi connectivity index (χ1) is 39.1. The maximum atomic E-state index is 15.2. The largest absolute Gasteiger partial charge is 0.457 e. The van der Waals surface area contributed by atoms with Crippen LogP contribution in [0.2, 0.25) is 0 Å². The van der Waals surface area contributed by atoms with Crippen LogP contribution in [0.1, 0.15) is 148 Å². The number of halogens is 6. The topological polar surface area (TPSA) is 93.2 Å². The first kappa shape index (κ1) is 55.1. The van der Waals surface area contributed by atoms with Crippen molar-refractivity contribution in [1.82, 2.24) is 4.90 Å². The molecule has 0 atom stereocenters. The molecular weight excluding hydrogens is 1050 g/mol. The average molecular weight is 1110 g/mol. The number of fused-ring (bicyclic) bond motifs is 5. The number of benzene rings is 8. The Morgan fingerprint density at radius 1 is 0.402 bits per heavy atom. The van der Waals surface area contributed by atoms with Crippen LogP contribution in [-0.4, -0.2) is 46.4 Å². The fourth-order valence-electron chi connectivity index (χ4n) is 12.3. The van der Waals surface area contributed by atoms with Gasteiger partial charge in [0.05, 0.1) is 33.4 Å². The third-order valence-corrected chi connectivity index (χ3v) is 17.8. The van der Waals surface area contributed by atoms with Gasteiger partial charge in [0.25, 0.3) is 23.6 Å². The van der Waals surface area contributed by atoms with Crippen molar-refractivity contribution in [2.24, 2.45) is 0 Å². The molecule has 3 aliphatic rings. The molecule has 0 fully saturated rings. The Kier molecular flexibility index (Phi) is 13.5. The number of imide groups is 2. The summed E-state index contributed by atoms with van der Waals surface area (Å²) in [5.41, 5.74) is -1.56. The molecule has 0 bridgehead atoms. The van der Waals surface area contributed by atoms with Crippen molar-refractivity contribution in [3.05, 3.63) is 243 Å². The van der Waals surface area contributed by atoms with Gasteiger partial charge in [0.15, 0.2) is 0 Å². The summed E-state index contributed by atoms with van der Waals surface area (Å²) in [5, 5.41) is 0. The van der Waals surface area contributed by atoms with Crippen molar-refractivity contribution in [2.45, 2.75) is 101 Å². The molecule has 11 rings (SSSR count). The first-order valence-corrected chi connectivity index (χ1v) is 27.3. The quantitative estimate of drug-likeness (QED) is 0.0750. The number of nitrogens with zero attached hydrogens (tertiary/aromatic N) is 2. The van der Waals surface area contributed by atoms with Crippen molar-refractivity contribution >= 4 is 29.3 Å². The Morgan fingerprint density at radius 3 is 1.22 bits per heavy atom. The maximum absolute atomic E-state index is 15.2. The van der Waals surface area contributed by atoms with Crippen molar-refractivity contribution < 1.29 is 55.0 Å². The number of amides is 4. The van der Waals surface area contributed by atoms with Crippen LogP contribution in [0, 0.1) is 0 Å². The average Bonchev–Trinajstić information content (AvgIpc) is 1.89. The van der Waals surface area contributed by atoms with Gasteiger partial charge in [0.1, 0.15) is 23.0 Å². The van der Waals surface area contributed by atoms with Crippen molar-refractivity contribution in [3.63, 3.8) is 0 Å². The summed E-state index contributed by atoms with van der Waals surface area (Å²) in [6.45, 7) is 11.5. The van der Waals surface area contributed by atoms with Crippen LogP contribution in [0.25, 0.3) is 11.1 Å². The standard InChI is InChI=1S/C68H56F6N2O6/c1-7-63(5,8-2)41-19-21-44(22-20-41)66(67(69,70)71,68(72,73)74)45-23-29-46(30-24-45)75-59(77)53-37-35-49(39-55(53)60(75)78)81-47-31-25-42(26-32-47)65(57-17-13-11-15-51(57)52-16-12-14-18-58(52)65)43-27-33-48(34-28-43)82-50-36-38-54-56(40-50)62(80)76(61(54)79)64(6,9-3)10-4/h11-40H,7-10H2,1-6H3. The van der Waals surface area contributed by atoms with E-state index in [4.69, 9.17) is 9.47 Å². The van der Waals surface area contributed by atoms with Gasteiger partial charge in [0.2, 0.25) is 5.41 Å². The van der Waals surface area contributed by atoms with E-state index in [0.717, 1.165) is 62.5 Å². The lowest BCUT2D eigenvalue weighted by Gasteiger charge is -2.39. The lowest BCUT2D eigenvalue weighted by atomic mass is 9.68. The summed E-state index contributed by atoms with van der Waals surface area (Å²) in [6.07, 6.45) is -9.21. The molecule has 416 valence electrons. The molecule has 1 aliphatic carbocycles. The molecule has 82 heavy (non-hydrogen) atoms. The number of hydrogen-bond donors (Lipinski definition) is 0. The summed E-state index contributed by atoms with van der Waals surface area (Å²) in [5.74, 6) is -0.828. The van der Waals surface area contributed by atoms with E-state index >= 15 is 26.3 Å². The summed E-state index contributed by atoms with van der Waals surface area (Å²) in [4.78, 5) is 57.1. The molecule has 0 saturated heterocycles. The Morgan fingerprint density at radius 2 is 0.780 bits per heavy atom. The molecule has 2 heterocycles. The van der Waals surface area contributed by atoms with Crippen LogP contribution in [-0.2, 0) is 16.2 Å². The van der Waals surface area contributed by atoms with Gasteiger partial charge >= 0.3 is 12.4 Å². The van der Waals surface area contributed by atoms with Crippen LogP contribution in [0.15, 0.2) is 182 Å². The molecule has 0 radical (unpaired) electrons. The van der Waals surface area contributed by atoms with Crippen molar-refractivity contribution in [2.75, 3.05) is 4.90 Å². The Labute approximate surface area is 470 Å². The van der Waals surface area contributed by atoms with E-state index in [2.05, 4.69) is 24.3 Å². The zero-order chi connectivity index (χ0) is 58.3. The predicted molar refractivity (Wildman–Crippen MR) is 301 cm³/mol. The molecule has 0 aromatic heterocycles. The number of anilines is 1. The second-order valence-corrected chi connectivity index (χ2v) is 21.7. The minimum Gasteiger partial charge on any atom is -0.457 e. The molecule has 0 unspecified atom stereocenters. The third kappa shape index (κ3) is 8.34. The van der Waals surface area contributed by atoms with Gasteiger partial charge in [-0.15, -0.1) is 0 Å². The summed E-state index contributed by atoms with van der Waals surface area (Å²) in [6, 6.07) is 48.4. The van der Waals surface area contributed by atoms with Crippen LogP contribution in [0.5, 0.6) is 23.0 Å². The zero-order valence-electron chi connectivity index (χ0n) is 45.8. The zero-order valence-corrected chi connectivity index (χ0v) is 45.8. The number of rotatable bonds is 15. The minimum absolute atomic E-state index is 0.0305. The smallest absolute Gasteiger partial charge is 0.411 e. The molecule has 0 N–H and O–H groups in total.